The monoisotopic (exact) mass is 327 g/mol. The van der Waals surface area contributed by atoms with Crippen LogP contribution in [-0.4, -0.2) is 34.6 Å². The number of hydrogen-bond donors (Lipinski definition) is 2. The summed E-state index contributed by atoms with van der Waals surface area (Å²) in [5.41, 5.74) is 0.332. The predicted molar refractivity (Wildman–Crippen MR) is 89.9 cm³/mol. The van der Waals surface area contributed by atoms with Gasteiger partial charge >= 0.3 is 0 Å². The number of carbonyl (C=O) groups excluding carboxylic acids is 1. The Kier molecular flexibility index (Phi) is 3.64. The van der Waals surface area contributed by atoms with Crippen molar-refractivity contribution in [1.29, 1.82) is 0 Å². The van der Waals surface area contributed by atoms with E-state index in [4.69, 9.17) is 4.74 Å². The molecule has 2 N–H and O–H groups in total. The molecular formula is C18H21N3O3. The molecule has 1 aromatic heterocycles. The van der Waals surface area contributed by atoms with E-state index in [0.29, 0.717) is 17.5 Å². The van der Waals surface area contributed by atoms with Crippen molar-refractivity contribution < 1.29 is 9.53 Å². The summed E-state index contributed by atoms with van der Waals surface area (Å²) >= 11 is 0. The Bertz CT molecular complexity index is 841. The molecule has 6 nitrogen and oxygen atoms in total. The van der Waals surface area contributed by atoms with Gasteiger partial charge in [0.1, 0.15) is 0 Å². The molecule has 0 radical (unpaired) electrons. The smallest absolute Gasteiger partial charge is 0.287 e. The van der Waals surface area contributed by atoms with Crippen molar-refractivity contribution in [2.75, 3.05) is 6.61 Å². The van der Waals surface area contributed by atoms with E-state index in [0.717, 1.165) is 19.3 Å². The van der Waals surface area contributed by atoms with Crippen molar-refractivity contribution in [3.05, 3.63) is 40.4 Å². The van der Waals surface area contributed by atoms with Gasteiger partial charge in [-0.15, -0.1) is 0 Å². The molecule has 0 unspecified atom stereocenters. The number of H-pyrrole nitrogens is 1. The third-order valence-corrected chi connectivity index (χ3v) is 5.57. The lowest BCUT2D eigenvalue weighted by molar-refractivity contribution is -0.169. The summed E-state index contributed by atoms with van der Waals surface area (Å²) in [6, 6.07) is 7.13. The third kappa shape index (κ3) is 2.24. The van der Waals surface area contributed by atoms with Gasteiger partial charge in [0.05, 0.1) is 17.0 Å². The fraction of sp³-hybridized carbons (Fsp3) is 0.500. The van der Waals surface area contributed by atoms with Gasteiger partial charge in [-0.1, -0.05) is 18.6 Å². The largest absolute Gasteiger partial charge is 0.378 e. The Balaban J connectivity index is 1.54. The number of nitrogens with zero attached hydrogens (tertiary/aromatic N) is 1. The number of nitrogens with one attached hydrogen (secondary N) is 2. The van der Waals surface area contributed by atoms with Crippen LogP contribution in [0, 0.1) is 5.41 Å². The summed E-state index contributed by atoms with van der Waals surface area (Å²) in [7, 11) is 0. The molecule has 2 saturated carbocycles. The third-order valence-electron chi connectivity index (χ3n) is 5.57. The van der Waals surface area contributed by atoms with Gasteiger partial charge in [-0.2, -0.15) is 0 Å². The first-order valence-corrected chi connectivity index (χ1v) is 8.55. The molecule has 2 fully saturated rings. The van der Waals surface area contributed by atoms with Crippen molar-refractivity contribution in [2.24, 2.45) is 5.41 Å². The molecule has 0 aliphatic heterocycles. The lowest BCUT2D eigenvalue weighted by atomic mass is 9.51. The summed E-state index contributed by atoms with van der Waals surface area (Å²) in [6.07, 6.45) is 4.43. The summed E-state index contributed by atoms with van der Waals surface area (Å²) in [4.78, 5) is 31.6. The molecule has 1 spiro atoms. The number of para-hydroxylation sites is 1. The zero-order valence-electron chi connectivity index (χ0n) is 13.7. The van der Waals surface area contributed by atoms with Crippen molar-refractivity contribution in [3.63, 3.8) is 0 Å². The number of fused-ring (bicyclic) bond motifs is 1. The topological polar surface area (TPSA) is 84.1 Å². The quantitative estimate of drug-likeness (QED) is 0.899. The van der Waals surface area contributed by atoms with Crippen LogP contribution in [0.1, 0.15) is 43.2 Å². The van der Waals surface area contributed by atoms with Gasteiger partial charge in [-0.3, -0.25) is 9.59 Å². The maximum Gasteiger partial charge on any atom is 0.287 e. The van der Waals surface area contributed by atoms with Gasteiger partial charge < -0.3 is 15.0 Å². The summed E-state index contributed by atoms with van der Waals surface area (Å²) < 4.78 is 5.81. The number of aromatic nitrogens is 2. The Morgan fingerprint density at radius 3 is 2.92 bits per heavy atom. The maximum absolute atomic E-state index is 12.6. The van der Waals surface area contributed by atoms with Gasteiger partial charge in [-0.25, -0.2) is 4.98 Å². The molecule has 24 heavy (non-hydrogen) atoms. The Morgan fingerprint density at radius 2 is 2.21 bits per heavy atom. The second-order valence-corrected chi connectivity index (χ2v) is 6.72. The maximum atomic E-state index is 12.6. The second-order valence-electron chi connectivity index (χ2n) is 6.72. The number of carbonyl (C=O) groups is 1. The molecule has 2 aliphatic rings. The second kappa shape index (κ2) is 5.70. The fourth-order valence-corrected chi connectivity index (χ4v) is 4.06. The molecule has 1 heterocycles. The lowest BCUT2D eigenvalue weighted by Crippen LogP contribution is -2.67. The minimum atomic E-state index is -0.316. The number of benzene rings is 1. The first-order valence-electron chi connectivity index (χ1n) is 8.55. The predicted octanol–water partition coefficient (Wildman–Crippen LogP) is 2.00. The summed E-state index contributed by atoms with van der Waals surface area (Å²) in [6.45, 7) is 2.70. The molecular weight excluding hydrogens is 306 g/mol. The van der Waals surface area contributed by atoms with Crippen molar-refractivity contribution in [1.82, 2.24) is 15.3 Å². The molecule has 2 aromatic rings. The summed E-state index contributed by atoms with van der Waals surface area (Å²) in [5, 5.41) is 3.54. The molecule has 6 heteroatoms. The van der Waals surface area contributed by atoms with Crippen LogP contribution in [-0.2, 0) is 4.74 Å². The first kappa shape index (κ1) is 15.3. The first-order chi connectivity index (χ1) is 11.6. The van der Waals surface area contributed by atoms with Crippen molar-refractivity contribution >= 4 is 16.8 Å². The highest BCUT2D eigenvalue weighted by atomic mass is 16.5. The highest BCUT2D eigenvalue weighted by Gasteiger charge is 2.59. The molecule has 1 amide bonds. The van der Waals surface area contributed by atoms with E-state index in [1.54, 1.807) is 24.3 Å². The molecule has 0 saturated heterocycles. The Hall–Kier alpha value is -2.21. The van der Waals surface area contributed by atoms with Crippen LogP contribution in [0.4, 0.5) is 0 Å². The van der Waals surface area contributed by atoms with Gasteiger partial charge in [0.25, 0.3) is 11.5 Å². The van der Waals surface area contributed by atoms with Gasteiger partial charge in [-0.05, 0) is 38.3 Å². The van der Waals surface area contributed by atoms with Crippen LogP contribution >= 0.6 is 0 Å². The van der Waals surface area contributed by atoms with Gasteiger partial charge in [0, 0.05) is 18.1 Å². The van der Waals surface area contributed by atoms with E-state index in [1.165, 1.54) is 6.42 Å². The number of ether oxygens (including phenoxy) is 1. The van der Waals surface area contributed by atoms with Crippen LogP contribution in [0.3, 0.4) is 0 Å². The Morgan fingerprint density at radius 1 is 1.42 bits per heavy atom. The van der Waals surface area contributed by atoms with E-state index in [2.05, 4.69) is 15.3 Å². The van der Waals surface area contributed by atoms with Crippen LogP contribution in [0.5, 0.6) is 0 Å². The minimum absolute atomic E-state index is 0.0769. The van der Waals surface area contributed by atoms with E-state index >= 15 is 0 Å². The number of aromatic amines is 1. The van der Waals surface area contributed by atoms with Crippen LogP contribution in [0.2, 0.25) is 0 Å². The van der Waals surface area contributed by atoms with E-state index in [9.17, 15) is 9.59 Å². The minimum Gasteiger partial charge on any atom is -0.378 e. The SMILES string of the molecule is CCO[C@@H]1C[C@H](NC(=O)c2nc3ccccc3c(=O)[nH]2)C12CCC2. The lowest BCUT2D eigenvalue weighted by Gasteiger charge is -2.60. The van der Waals surface area contributed by atoms with Gasteiger partial charge in [0.2, 0.25) is 0 Å². The van der Waals surface area contributed by atoms with Gasteiger partial charge in [0.15, 0.2) is 5.82 Å². The van der Waals surface area contributed by atoms with Crippen molar-refractivity contribution in [2.45, 2.75) is 44.8 Å². The molecule has 0 bridgehead atoms. The molecule has 2 atom stereocenters. The molecule has 126 valence electrons. The average molecular weight is 327 g/mol. The number of amides is 1. The number of rotatable bonds is 4. The average Bonchev–Trinajstić information content (AvgIpc) is 2.52. The van der Waals surface area contributed by atoms with Crippen LogP contribution < -0.4 is 10.9 Å². The standard InChI is InChI=1S/C18H21N3O3/c1-2-24-14-10-13(18(14)8-5-9-18)20-17(23)15-19-12-7-4-3-6-11(12)16(22)21-15/h3-4,6-7,13-14H,2,5,8-10H2,1H3,(H,20,23)(H,19,21,22)/t13-,14+/m0/s1. The summed E-state index contributed by atoms with van der Waals surface area (Å²) in [5.74, 6) is -0.239. The normalized spacial score (nSPS) is 24.4. The van der Waals surface area contributed by atoms with Crippen molar-refractivity contribution in [3.8, 4) is 0 Å². The van der Waals surface area contributed by atoms with E-state index < -0.39 is 0 Å². The highest BCUT2D eigenvalue weighted by molar-refractivity contribution is 5.92. The number of hydrogen-bond acceptors (Lipinski definition) is 4. The highest BCUT2D eigenvalue weighted by Crippen LogP contribution is 2.57. The Labute approximate surface area is 139 Å². The molecule has 4 rings (SSSR count). The molecule has 1 aromatic carbocycles. The van der Waals surface area contributed by atoms with Crippen LogP contribution in [0.25, 0.3) is 10.9 Å². The van der Waals surface area contributed by atoms with E-state index in [-0.39, 0.29) is 34.9 Å². The molecule has 2 aliphatic carbocycles. The van der Waals surface area contributed by atoms with Crippen LogP contribution in [0.15, 0.2) is 29.1 Å². The zero-order valence-corrected chi connectivity index (χ0v) is 13.7. The fourth-order valence-electron chi connectivity index (χ4n) is 4.06. The van der Waals surface area contributed by atoms with E-state index in [1.807, 2.05) is 6.92 Å². The zero-order chi connectivity index (χ0) is 16.7.